The van der Waals surface area contributed by atoms with E-state index in [9.17, 15) is 5.11 Å². The highest BCUT2D eigenvalue weighted by molar-refractivity contribution is 5.67. The molecule has 4 heteroatoms. The molecule has 1 aromatic carbocycles. The number of nitrogens with zero attached hydrogens (tertiary/aromatic N) is 1. The molecule has 2 N–H and O–H groups in total. The molecule has 0 aliphatic carbocycles. The summed E-state index contributed by atoms with van der Waals surface area (Å²) in [7, 11) is 1.67. The van der Waals surface area contributed by atoms with Crippen LogP contribution in [0, 0.1) is 6.92 Å². The molecule has 1 unspecified atom stereocenters. The Bertz CT molecular complexity index is 420. The molecule has 0 amide bonds. The van der Waals surface area contributed by atoms with E-state index in [-0.39, 0.29) is 6.61 Å². The van der Waals surface area contributed by atoms with Crippen LogP contribution in [-0.2, 0) is 6.42 Å². The van der Waals surface area contributed by atoms with Crippen LogP contribution >= 0.6 is 0 Å². The van der Waals surface area contributed by atoms with E-state index in [2.05, 4.69) is 17.9 Å². The minimum Gasteiger partial charge on any atom is -0.495 e. The number of anilines is 1. The first-order valence-electron chi connectivity index (χ1n) is 6.37. The molecule has 0 bridgehead atoms. The van der Waals surface area contributed by atoms with Gasteiger partial charge >= 0.3 is 0 Å². The maximum absolute atomic E-state index is 9.64. The molecule has 0 aromatic heterocycles. The number of aliphatic hydroxyl groups excluding tert-OH is 2. The van der Waals surface area contributed by atoms with Gasteiger partial charge in [0, 0.05) is 13.1 Å². The number of benzene rings is 1. The van der Waals surface area contributed by atoms with Gasteiger partial charge in [0.25, 0.3) is 0 Å². The van der Waals surface area contributed by atoms with Gasteiger partial charge in [0.05, 0.1) is 25.5 Å². The number of aryl methyl sites for hydroxylation is 1. The zero-order valence-electron chi connectivity index (χ0n) is 11.0. The number of fused-ring (bicyclic) bond motifs is 1. The second-order valence-corrected chi connectivity index (χ2v) is 4.80. The summed E-state index contributed by atoms with van der Waals surface area (Å²) >= 11 is 0. The highest BCUT2D eigenvalue weighted by Gasteiger charge is 2.23. The number of β-amino-alcohol motifs (C(OH)–C–C–N with tert-alkyl or cyclic N) is 1. The van der Waals surface area contributed by atoms with Crippen molar-refractivity contribution in [3.63, 3.8) is 0 Å². The SMILES string of the molecule is COc1ccc(C)c2c1N(CC(O)CO)CCC2. The maximum atomic E-state index is 9.64. The fraction of sp³-hybridized carbons (Fsp3) is 0.571. The van der Waals surface area contributed by atoms with Crippen molar-refractivity contribution in [1.29, 1.82) is 0 Å². The molecule has 0 fully saturated rings. The van der Waals surface area contributed by atoms with Crippen molar-refractivity contribution in [2.24, 2.45) is 0 Å². The number of hydrogen-bond donors (Lipinski definition) is 2. The van der Waals surface area contributed by atoms with Gasteiger partial charge in [-0.25, -0.2) is 0 Å². The molecule has 0 saturated carbocycles. The van der Waals surface area contributed by atoms with Gasteiger partial charge in [-0.15, -0.1) is 0 Å². The van der Waals surface area contributed by atoms with Crippen LogP contribution in [0.2, 0.25) is 0 Å². The van der Waals surface area contributed by atoms with Crippen LogP contribution in [-0.4, -0.2) is 43.1 Å². The highest BCUT2D eigenvalue weighted by atomic mass is 16.5. The fourth-order valence-electron chi connectivity index (χ4n) is 2.60. The summed E-state index contributed by atoms with van der Waals surface area (Å²) in [5.41, 5.74) is 3.64. The van der Waals surface area contributed by atoms with E-state index >= 15 is 0 Å². The molecule has 1 aliphatic rings. The van der Waals surface area contributed by atoms with Crippen molar-refractivity contribution in [3.8, 4) is 5.75 Å². The molecule has 1 aromatic rings. The summed E-state index contributed by atoms with van der Waals surface area (Å²) < 4.78 is 5.43. The van der Waals surface area contributed by atoms with Crippen LogP contribution < -0.4 is 9.64 Å². The standard InChI is InChI=1S/C14H21NO3/c1-10-5-6-13(18-2)14-12(10)4-3-7-15(14)8-11(17)9-16/h5-6,11,16-17H,3-4,7-9H2,1-2H3. The average Bonchev–Trinajstić information content (AvgIpc) is 2.40. The first-order chi connectivity index (χ1) is 8.67. The van der Waals surface area contributed by atoms with Crippen molar-refractivity contribution in [3.05, 3.63) is 23.3 Å². The third kappa shape index (κ3) is 2.44. The summed E-state index contributed by atoms with van der Waals surface area (Å²) in [6.45, 7) is 3.23. The minimum absolute atomic E-state index is 0.208. The van der Waals surface area contributed by atoms with E-state index in [1.807, 2.05) is 6.07 Å². The van der Waals surface area contributed by atoms with Crippen LogP contribution in [0.3, 0.4) is 0 Å². The van der Waals surface area contributed by atoms with Gasteiger partial charge in [-0.3, -0.25) is 0 Å². The molecule has 0 radical (unpaired) electrons. The quantitative estimate of drug-likeness (QED) is 0.841. The predicted molar refractivity (Wildman–Crippen MR) is 71.4 cm³/mol. The lowest BCUT2D eigenvalue weighted by molar-refractivity contribution is 0.0995. The summed E-state index contributed by atoms with van der Waals surface area (Å²) in [4.78, 5) is 2.12. The van der Waals surface area contributed by atoms with Crippen LogP contribution in [0.1, 0.15) is 17.5 Å². The van der Waals surface area contributed by atoms with Crippen molar-refractivity contribution in [2.45, 2.75) is 25.9 Å². The second-order valence-electron chi connectivity index (χ2n) is 4.80. The first kappa shape index (κ1) is 13.2. The normalized spacial score (nSPS) is 16.3. The zero-order chi connectivity index (χ0) is 13.1. The number of methoxy groups -OCH3 is 1. The first-order valence-corrected chi connectivity index (χ1v) is 6.37. The van der Waals surface area contributed by atoms with Crippen molar-refractivity contribution in [2.75, 3.05) is 31.7 Å². The van der Waals surface area contributed by atoms with E-state index in [0.29, 0.717) is 6.54 Å². The van der Waals surface area contributed by atoms with Gasteiger partial charge in [0.15, 0.2) is 0 Å². The van der Waals surface area contributed by atoms with Crippen LogP contribution in [0.25, 0.3) is 0 Å². The lowest BCUT2D eigenvalue weighted by Crippen LogP contribution is -2.38. The topological polar surface area (TPSA) is 52.9 Å². The Kier molecular flexibility index (Phi) is 4.09. The second kappa shape index (κ2) is 5.59. The van der Waals surface area contributed by atoms with Crippen molar-refractivity contribution >= 4 is 5.69 Å². The van der Waals surface area contributed by atoms with Crippen LogP contribution in [0.15, 0.2) is 12.1 Å². The summed E-state index contributed by atoms with van der Waals surface area (Å²) in [6, 6.07) is 4.04. The van der Waals surface area contributed by atoms with Crippen molar-refractivity contribution in [1.82, 2.24) is 0 Å². The van der Waals surface area contributed by atoms with Gasteiger partial charge in [-0.05, 0) is 37.0 Å². The van der Waals surface area contributed by atoms with Crippen molar-refractivity contribution < 1.29 is 14.9 Å². The molecule has 0 saturated heterocycles. The molecule has 1 aliphatic heterocycles. The fourth-order valence-corrected chi connectivity index (χ4v) is 2.60. The number of aliphatic hydroxyl groups is 2. The predicted octanol–water partition coefficient (Wildman–Crippen LogP) is 1.11. The van der Waals surface area contributed by atoms with E-state index in [1.54, 1.807) is 7.11 Å². The molecule has 1 heterocycles. The van der Waals surface area contributed by atoms with Gasteiger partial charge in [-0.1, -0.05) is 6.07 Å². The number of hydrogen-bond acceptors (Lipinski definition) is 4. The highest BCUT2D eigenvalue weighted by Crippen LogP contribution is 2.38. The Hall–Kier alpha value is -1.26. The largest absolute Gasteiger partial charge is 0.495 e. The van der Waals surface area contributed by atoms with Gasteiger partial charge in [-0.2, -0.15) is 0 Å². The van der Waals surface area contributed by atoms with Crippen LogP contribution in [0.5, 0.6) is 5.75 Å². The summed E-state index contributed by atoms with van der Waals surface area (Å²) in [5.74, 6) is 0.848. The molecule has 4 nitrogen and oxygen atoms in total. The van der Waals surface area contributed by atoms with E-state index in [0.717, 1.165) is 30.8 Å². The minimum atomic E-state index is -0.707. The Labute approximate surface area is 108 Å². The zero-order valence-corrected chi connectivity index (χ0v) is 11.0. The molecule has 1 atom stereocenters. The Morgan fingerprint density at radius 3 is 2.89 bits per heavy atom. The summed E-state index contributed by atoms with van der Waals surface area (Å²) in [6.07, 6.45) is 1.41. The number of ether oxygens (including phenoxy) is 1. The summed E-state index contributed by atoms with van der Waals surface area (Å²) in [5, 5.41) is 18.6. The third-order valence-corrected chi connectivity index (χ3v) is 3.51. The lowest BCUT2D eigenvalue weighted by atomic mass is 9.96. The maximum Gasteiger partial charge on any atom is 0.142 e. The van der Waals surface area contributed by atoms with E-state index < -0.39 is 6.10 Å². The van der Waals surface area contributed by atoms with Gasteiger partial charge in [0.1, 0.15) is 5.75 Å². The number of rotatable bonds is 4. The monoisotopic (exact) mass is 251 g/mol. The Morgan fingerprint density at radius 1 is 1.44 bits per heavy atom. The molecule has 18 heavy (non-hydrogen) atoms. The lowest BCUT2D eigenvalue weighted by Gasteiger charge is -2.34. The van der Waals surface area contributed by atoms with E-state index in [4.69, 9.17) is 9.84 Å². The third-order valence-electron chi connectivity index (χ3n) is 3.51. The van der Waals surface area contributed by atoms with Crippen LogP contribution in [0.4, 0.5) is 5.69 Å². The molecular weight excluding hydrogens is 230 g/mol. The molecule has 2 rings (SSSR count). The average molecular weight is 251 g/mol. The van der Waals surface area contributed by atoms with Gasteiger partial charge < -0.3 is 19.8 Å². The molecular formula is C14H21NO3. The van der Waals surface area contributed by atoms with E-state index in [1.165, 1.54) is 11.1 Å². The van der Waals surface area contributed by atoms with Gasteiger partial charge in [0.2, 0.25) is 0 Å². The molecule has 100 valence electrons. The smallest absolute Gasteiger partial charge is 0.142 e. The Balaban J connectivity index is 2.37. The Morgan fingerprint density at radius 2 is 2.22 bits per heavy atom. The molecule has 0 spiro atoms.